The highest BCUT2D eigenvalue weighted by atomic mass is 127. The van der Waals surface area contributed by atoms with Gasteiger partial charge < -0.3 is 29.6 Å². The van der Waals surface area contributed by atoms with Gasteiger partial charge in [-0.05, 0) is 42.7 Å². The number of fused-ring (bicyclic) bond motifs is 1. The number of methoxy groups -OCH3 is 1. The molecule has 0 aromatic heterocycles. The van der Waals surface area contributed by atoms with Crippen molar-refractivity contribution >= 4 is 29.9 Å². The summed E-state index contributed by atoms with van der Waals surface area (Å²) in [7, 11) is 3.40. The number of hydrogen-bond donors (Lipinski definition) is 2. The molecule has 0 spiro atoms. The highest BCUT2D eigenvalue weighted by Gasteiger charge is 2.17. The second kappa shape index (κ2) is 14.2. The standard InChI is InChI=1S/C24H32FN3O4.HI/c1-17-5-6-19(22(11-17)31-10-4-9-29-3)14-28-24(26-2)27-8-7-18-12-21(25)13-20-15-30-16-32-23(18)20;/h5-6,11-13H,4,7-10,14-16H2,1-3H3,(H2,26,27,28);1H. The molecule has 33 heavy (non-hydrogen) atoms. The summed E-state index contributed by atoms with van der Waals surface area (Å²) in [6, 6.07) is 9.13. The molecule has 2 aromatic carbocycles. The normalized spacial score (nSPS) is 12.9. The van der Waals surface area contributed by atoms with Crippen LogP contribution in [0.2, 0.25) is 0 Å². The molecular weight excluding hydrogens is 540 g/mol. The molecule has 2 N–H and O–H groups in total. The van der Waals surface area contributed by atoms with Gasteiger partial charge in [-0.25, -0.2) is 4.39 Å². The van der Waals surface area contributed by atoms with E-state index in [4.69, 9.17) is 18.9 Å². The summed E-state index contributed by atoms with van der Waals surface area (Å²) < 4.78 is 35.8. The Kier molecular flexibility index (Phi) is 11.7. The molecular formula is C24H33FIN3O4. The maximum absolute atomic E-state index is 13.9. The minimum atomic E-state index is -0.284. The number of nitrogens with one attached hydrogen (secondary N) is 2. The molecule has 1 heterocycles. The predicted molar refractivity (Wildman–Crippen MR) is 137 cm³/mol. The quantitative estimate of drug-likeness (QED) is 0.194. The van der Waals surface area contributed by atoms with Gasteiger partial charge in [-0.15, -0.1) is 24.0 Å². The van der Waals surface area contributed by atoms with Crippen LogP contribution in [0, 0.1) is 12.7 Å². The third-order valence-electron chi connectivity index (χ3n) is 5.08. The average molecular weight is 573 g/mol. The van der Waals surface area contributed by atoms with E-state index in [2.05, 4.69) is 27.8 Å². The monoisotopic (exact) mass is 573 g/mol. The fourth-order valence-corrected chi connectivity index (χ4v) is 3.49. The molecule has 0 saturated carbocycles. The van der Waals surface area contributed by atoms with Crippen LogP contribution in [0.3, 0.4) is 0 Å². The van der Waals surface area contributed by atoms with Gasteiger partial charge in [-0.3, -0.25) is 4.99 Å². The summed E-state index contributed by atoms with van der Waals surface area (Å²) in [6.45, 7) is 5.01. The van der Waals surface area contributed by atoms with E-state index in [-0.39, 0.29) is 36.6 Å². The largest absolute Gasteiger partial charge is 0.493 e. The first-order valence-electron chi connectivity index (χ1n) is 10.8. The van der Waals surface area contributed by atoms with E-state index >= 15 is 0 Å². The third kappa shape index (κ3) is 8.31. The second-order valence-corrected chi connectivity index (χ2v) is 7.57. The summed E-state index contributed by atoms with van der Waals surface area (Å²) in [5, 5.41) is 6.59. The Balaban J connectivity index is 0.00000385. The Labute approximate surface area is 212 Å². The van der Waals surface area contributed by atoms with Crippen LogP contribution in [0.5, 0.6) is 11.5 Å². The lowest BCUT2D eigenvalue weighted by atomic mass is 10.1. The van der Waals surface area contributed by atoms with Gasteiger partial charge in [0.25, 0.3) is 0 Å². The molecule has 1 aliphatic rings. The maximum Gasteiger partial charge on any atom is 0.191 e. The number of aliphatic imine (C=N–C) groups is 1. The number of hydrogen-bond acceptors (Lipinski definition) is 5. The van der Waals surface area contributed by atoms with Crippen molar-refractivity contribution in [1.82, 2.24) is 10.6 Å². The van der Waals surface area contributed by atoms with Crippen LogP contribution in [0.25, 0.3) is 0 Å². The van der Waals surface area contributed by atoms with E-state index in [0.29, 0.717) is 45.3 Å². The van der Waals surface area contributed by atoms with Gasteiger partial charge >= 0.3 is 0 Å². The van der Waals surface area contributed by atoms with Crippen molar-refractivity contribution in [2.45, 2.75) is 32.9 Å². The predicted octanol–water partition coefficient (Wildman–Crippen LogP) is 3.94. The molecule has 9 heteroatoms. The van der Waals surface area contributed by atoms with E-state index in [1.54, 1.807) is 14.2 Å². The van der Waals surface area contributed by atoms with Crippen LogP contribution < -0.4 is 20.1 Å². The molecule has 0 fully saturated rings. The number of guanidine groups is 1. The maximum atomic E-state index is 13.9. The molecule has 0 bridgehead atoms. The number of benzene rings is 2. The zero-order valence-electron chi connectivity index (χ0n) is 19.4. The number of rotatable bonds is 10. The third-order valence-corrected chi connectivity index (χ3v) is 5.08. The highest BCUT2D eigenvalue weighted by molar-refractivity contribution is 14.0. The van der Waals surface area contributed by atoms with Crippen molar-refractivity contribution in [2.75, 3.05) is 40.7 Å². The van der Waals surface area contributed by atoms with Crippen molar-refractivity contribution in [3.8, 4) is 11.5 Å². The van der Waals surface area contributed by atoms with Crippen LogP contribution in [0.1, 0.15) is 28.7 Å². The van der Waals surface area contributed by atoms with E-state index in [1.807, 2.05) is 13.0 Å². The summed E-state index contributed by atoms with van der Waals surface area (Å²) in [5.41, 5.74) is 3.75. The van der Waals surface area contributed by atoms with Gasteiger partial charge in [-0.2, -0.15) is 0 Å². The number of nitrogens with zero attached hydrogens (tertiary/aromatic N) is 1. The van der Waals surface area contributed by atoms with Gasteiger partial charge in [0.1, 0.15) is 17.3 Å². The lowest BCUT2D eigenvalue weighted by Gasteiger charge is -2.21. The molecule has 0 saturated heterocycles. The molecule has 0 aliphatic carbocycles. The molecule has 2 aromatic rings. The Bertz CT molecular complexity index is 927. The van der Waals surface area contributed by atoms with E-state index in [0.717, 1.165) is 40.2 Å². The summed E-state index contributed by atoms with van der Waals surface area (Å²) in [5.74, 6) is 1.95. The molecule has 0 atom stereocenters. The molecule has 0 unspecified atom stereocenters. The topological polar surface area (TPSA) is 73.3 Å². The van der Waals surface area contributed by atoms with E-state index < -0.39 is 0 Å². The Morgan fingerprint density at radius 2 is 2.00 bits per heavy atom. The van der Waals surface area contributed by atoms with Crippen LogP contribution in [-0.4, -0.2) is 46.7 Å². The van der Waals surface area contributed by atoms with Crippen LogP contribution in [0.15, 0.2) is 35.3 Å². The van der Waals surface area contributed by atoms with Gasteiger partial charge in [0.05, 0.1) is 13.2 Å². The Hall–Kier alpha value is -2.11. The first kappa shape index (κ1) is 27.1. The fourth-order valence-electron chi connectivity index (χ4n) is 3.49. The number of ether oxygens (including phenoxy) is 4. The smallest absolute Gasteiger partial charge is 0.191 e. The lowest BCUT2D eigenvalue weighted by Crippen LogP contribution is -2.38. The fraction of sp³-hybridized carbons (Fsp3) is 0.458. The molecule has 0 amide bonds. The van der Waals surface area contributed by atoms with Crippen molar-refractivity contribution < 1.29 is 23.3 Å². The lowest BCUT2D eigenvalue weighted by molar-refractivity contribution is -0.0172. The van der Waals surface area contributed by atoms with Crippen molar-refractivity contribution in [2.24, 2.45) is 4.99 Å². The summed E-state index contributed by atoms with van der Waals surface area (Å²) in [6.07, 6.45) is 1.43. The molecule has 3 rings (SSSR count). The molecule has 1 aliphatic heterocycles. The van der Waals surface area contributed by atoms with Crippen LogP contribution in [0.4, 0.5) is 4.39 Å². The highest BCUT2D eigenvalue weighted by Crippen LogP contribution is 2.29. The molecule has 7 nitrogen and oxygen atoms in total. The minimum Gasteiger partial charge on any atom is -0.493 e. The SMILES string of the molecule is CN=C(NCCc1cc(F)cc2c1OCOC2)NCc1ccc(C)cc1OCCCOC.I. The van der Waals surface area contributed by atoms with E-state index in [1.165, 1.54) is 12.1 Å². The summed E-state index contributed by atoms with van der Waals surface area (Å²) >= 11 is 0. The number of aryl methyl sites for hydroxylation is 1. The summed E-state index contributed by atoms with van der Waals surface area (Å²) in [4.78, 5) is 4.28. The van der Waals surface area contributed by atoms with Gasteiger partial charge in [0.2, 0.25) is 0 Å². The van der Waals surface area contributed by atoms with E-state index in [9.17, 15) is 4.39 Å². The van der Waals surface area contributed by atoms with Crippen LogP contribution in [-0.2, 0) is 29.0 Å². The Morgan fingerprint density at radius 1 is 1.15 bits per heavy atom. The molecule has 0 radical (unpaired) electrons. The van der Waals surface area contributed by atoms with Crippen LogP contribution >= 0.6 is 24.0 Å². The zero-order valence-corrected chi connectivity index (χ0v) is 21.7. The first-order chi connectivity index (χ1) is 15.6. The van der Waals surface area contributed by atoms with Crippen molar-refractivity contribution in [3.05, 3.63) is 58.4 Å². The average Bonchev–Trinajstić information content (AvgIpc) is 2.79. The first-order valence-corrected chi connectivity index (χ1v) is 10.8. The van der Waals surface area contributed by atoms with Gasteiger partial charge in [0, 0.05) is 51.4 Å². The second-order valence-electron chi connectivity index (χ2n) is 7.57. The minimum absolute atomic E-state index is 0. The van der Waals surface area contributed by atoms with Crippen molar-refractivity contribution in [1.29, 1.82) is 0 Å². The van der Waals surface area contributed by atoms with Gasteiger partial charge in [-0.1, -0.05) is 12.1 Å². The van der Waals surface area contributed by atoms with Gasteiger partial charge in [0.15, 0.2) is 12.8 Å². The van der Waals surface area contributed by atoms with Crippen molar-refractivity contribution in [3.63, 3.8) is 0 Å². The zero-order chi connectivity index (χ0) is 22.8. The molecule has 182 valence electrons. The number of halogens is 2. The Morgan fingerprint density at radius 3 is 2.79 bits per heavy atom.